The van der Waals surface area contributed by atoms with Crippen LogP contribution >= 0.6 is 23.2 Å². The molecule has 1 amide bonds. The Hall–Kier alpha value is -2.28. The van der Waals surface area contributed by atoms with Crippen LogP contribution in [0.3, 0.4) is 0 Å². The second-order valence-electron chi connectivity index (χ2n) is 6.00. The van der Waals surface area contributed by atoms with Gasteiger partial charge in [-0.05, 0) is 30.8 Å². The maximum atomic E-state index is 12.4. The van der Waals surface area contributed by atoms with Gasteiger partial charge in [0, 0.05) is 13.1 Å². The fourth-order valence-electron chi connectivity index (χ4n) is 2.82. The number of amides is 1. The molecule has 27 heavy (non-hydrogen) atoms. The van der Waals surface area contributed by atoms with Gasteiger partial charge < -0.3 is 9.73 Å². The average Bonchev–Trinajstić information content (AvgIpc) is 2.97. The predicted octanol–water partition coefficient (Wildman–Crippen LogP) is 3.86. The van der Waals surface area contributed by atoms with Crippen molar-refractivity contribution in [1.82, 2.24) is 9.47 Å². The van der Waals surface area contributed by atoms with E-state index in [1.54, 1.807) is 28.8 Å². The van der Waals surface area contributed by atoms with E-state index in [9.17, 15) is 9.59 Å². The van der Waals surface area contributed by atoms with Crippen LogP contribution in [0.2, 0.25) is 10.0 Å². The Balaban J connectivity index is 1.64. The van der Waals surface area contributed by atoms with Gasteiger partial charge in [-0.3, -0.25) is 14.3 Å². The molecule has 0 unspecified atom stereocenters. The Morgan fingerprint density at radius 3 is 2.56 bits per heavy atom. The summed E-state index contributed by atoms with van der Waals surface area (Å²) in [5.41, 5.74) is 1.70. The maximum Gasteiger partial charge on any atom is 0.419 e. The first-order chi connectivity index (χ1) is 13.0. The van der Waals surface area contributed by atoms with Gasteiger partial charge in [0.1, 0.15) is 0 Å². The van der Waals surface area contributed by atoms with E-state index in [-0.39, 0.29) is 12.5 Å². The van der Waals surface area contributed by atoms with Crippen LogP contribution in [0.15, 0.2) is 51.7 Å². The fourth-order valence-corrected chi connectivity index (χ4v) is 3.31. The quantitative estimate of drug-likeness (QED) is 0.645. The minimum Gasteiger partial charge on any atom is -0.408 e. The number of hydrogen-bond donors (Lipinski definition) is 1. The minimum atomic E-state index is -0.403. The van der Waals surface area contributed by atoms with Crippen LogP contribution < -0.4 is 11.1 Å². The van der Waals surface area contributed by atoms with Gasteiger partial charge in [0.25, 0.3) is 0 Å². The molecule has 3 aromatic rings. The summed E-state index contributed by atoms with van der Waals surface area (Å²) in [6, 6.07) is 12.3. The lowest BCUT2D eigenvalue weighted by Crippen LogP contribution is -2.36. The second kappa shape index (κ2) is 8.61. The van der Waals surface area contributed by atoms with Gasteiger partial charge in [-0.2, -0.15) is 0 Å². The number of nitrogens with one attached hydrogen (secondary N) is 1. The monoisotopic (exact) mass is 407 g/mol. The van der Waals surface area contributed by atoms with Gasteiger partial charge in [0.2, 0.25) is 5.91 Å². The molecule has 0 saturated carbocycles. The molecule has 3 rings (SSSR count). The molecule has 1 N–H and O–H groups in total. The van der Waals surface area contributed by atoms with Crippen LogP contribution in [-0.2, 0) is 11.3 Å². The number of benzene rings is 2. The Morgan fingerprint density at radius 2 is 1.85 bits per heavy atom. The molecule has 0 atom stereocenters. The highest BCUT2D eigenvalue weighted by Crippen LogP contribution is 2.29. The summed E-state index contributed by atoms with van der Waals surface area (Å²) in [4.78, 5) is 26.3. The molecule has 2 aromatic carbocycles. The van der Waals surface area contributed by atoms with Crippen molar-refractivity contribution >= 4 is 45.9 Å². The van der Waals surface area contributed by atoms with Crippen molar-refractivity contribution in [2.24, 2.45) is 0 Å². The van der Waals surface area contributed by atoms with Crippen molar-refractivity contribution in [3.8, 4) is 0 Å². The van der Waals surface area contributed by atoms with Crippen LogP contribution in [-0.4, -0.2) is 35.0 Å². The number of aromatic nitrogens is 1. The zero-order valence-corrected chi connectivity index (χ0v) is 16.3. The standard InChI is InChI=1S/C19H19Cl2N3O3/c1-2-23(12-17(25)22-18-13(20)6-5-7-14(18)21)10-11-24-15-8-3-4-9-16(15)27-19(24)26/h3-9H,2,10-12H2,1H3,(H,22,25). The number of anilines is 1. The number of oxazole rings is 1. The first-order valence-corrected chi connectivity index (χ1v) is 9.29. The van der Waals surface area contributed by atoms with Crippen LogP contribution in [0.5, 0.6) is 0 Å². The summed E-state index contributed by atoms with van der Waals surface area (Å²) in [5.74, 6) is -0.629. The lowest BCUT2D eigenvalue weighted by atomic mass is 10.3. The second-order valence-corrected chi connectivity index (χ2v) is 6.82. The van der Waals surface area contributed by atoms with E-state index in [0.717, 1.165) is 5.52 Å². The predicted molar refractivity (Wildman–Crippen MR) is 108 cm³/mol. The molecule has 1 heterocycles. The Kier molecular flexibility index (Phi) is 6.21. The topological polar surface area (TPSA) is 67.5 Å². The van der Waals surface area contributed by atoms with Crippen LogP contribution in [0.4, 0.5) is 5.69 Å². The molecule has 0 bridgehead atoms. The summed E-state index contributed by atoms with van der Waals surface area (Å²) in [6.45, 7) is 3.69. The van der Waals surface area contributed by atoms with E-state index in [0.29, 0.717) is 40.9 Å². The van der Waals surface area contributed by atoms with E-state index >= 15 is 0 Å². The SMILES string of the molecule is CCN(CCn1c(=O)oc2ccccc21)CC(=O)Nc1c(Cl)cccc1Cl. The van der Waals surface area contributed by atoms with Crippen molar-refractivity contribution in [2.75, 3.05) is 25.0 Å². The number of para-hydroxylation sites is 3. The molecule has 0 aliphatic rings. The van der Waals surface area contributed by atoms with Gasteiger partial charge in [-0.25, -0.2) is 4.79 Å². The van der Waals surface area contributed by atoms with E-state index in [1.807, 2.05) is 30.0 Å². The third-order valence-corrected chi connectivity index (χ3v) is 4.89. The molecule has 0 aliphatic heterocycles. The minimum absolute atomic E-state index is 0.155. The fraction of sp³-hybridized carbons (Fsp3) is 0.263. The molecule has 0 radical (unpaired) electrons. The zero-order chi connectivity index (χ0) is 19.4. The maximum absolute atomic E-state index is 12.4. The average molecular weight is 408 g/mol. The molecule has 0 fully saturated rings. The first kappa shape index (κ1) is 19.5. The van der Waals surface area contributed by atoms with Crippen molar-refractivity contribution in [1.29, 1.82) is 0 Å². The molecular formula is C19H19Cl2N3O3. The third-order valence-electron chi connectivity index (χ3n) is 4.26. The Morgan fingerprint density at radius 1 is 1.15 bits per heavy atom. The summed E-state index contributed by atoms with van der Waals surface area (Å²) in [6.07, 6.45) is 0. The van der Waals surface area contributed by atoms with E-state index in [1.165, 1.54) is 0 Å². The summed E-state index contributed by atoms with van der Waals surface area (Å²) < 4.78 is 6.80. The van der Waals surface area contributed by atoms with E-state index in [4.69, 9.17) is 27.6 Å². The molecule has 0 spiro atoms. The van der Waals surface area contributed by atoms with Gasteiger partial charge in [-0.1, -0.05) is 48.3 Å². The van der Waals surface area contributed by atoms with Gasteiger partial charge >= 0.3 is 5.76 Å². The number of hydrogen-bond acceptors (Lipinski definition) is 4. The Bertz CT molecular complexity index is 993. The number of fused-ring (bicyclic) bond motifs is 1. The van der Waals surface area contributed by atoms with E-state index < -0.39 is 5.76 Å². The molecule has 6 nitrogen and oxygen atoms in total. The zero-order valence-electron chi connectivity index (χ0n) is 14.7. The van der Waals surface area contributed by atoms with Crippen molar-refractivity contribution < 1.29 is 9.21 Å². The highest BCUT2D eigenvalue weighted by molar-refractivity contribution is 6.39. The van der Waals surface area contributed by atoms with Crippen molar-refractivity contribution in [3.63, 3.8) is 0 Å². The smallest absolute Gasteiger partial charge is 0.408 e. The number of nitrogens with zero attached hydrogens (tertiary/aromatic N) is 2. The van der Waals surface area contributed by atoms with Crippen molar-refractivity contribution in [3.05, 3.63) is 63.1 Å². The van der Waals surface area contributed by atoms with Gasteiger partial charge in [-0.15, -0.1) is 0 Å². The van der Waals surface area contributed by atoms with Gasteiger partial charge in [0.05, 0.1) is 27.8 Å². The number of carbonyl (C=O) groups is 1. The van der Waals surface area contributed by atoms with Crippen LogP contribution in [0.25, 0.3) is 11.1 Å². The van der Waals surface area contributed by atoms with Crippen LogP contribution in [0.1, 0.15) is 6.92 Å². The first-order valence-electron chi connectivity index (χ1n) is 8.54. The van der Waals surface area contributed by atoms with Gasteiger partial charge in [0.15, 0.2) is 5.58 Å². The highest BCUT2D eigenvalue weighted by Gasteiger charge is 2.14. The molecule has 142 valence electrons. The summed E-state index contributed by atoms with van der Waals surface area (Å²) >= 11 is 12.2. The lowest BCUT2D eigenvalue weighted by molar-refractivity contribution is -0.117. The summed E-state index contributed by atoms with van der Waals surface area (Å²) in [7, 11) is 0. The normalized spacial score (nSPS) is 11.3. The Labute approximate surface area is 166 Å². The van der Waals surface area contributed by atoms with Crippen molar-refractivity contribution in [2.45, 2.75) is 13.5 Å². The molecule has 1 aromatic heterocycles. The number of carbonyl (C=O) groups excluding carboxylic acids is 1. The highest BCUT2D eigenvalue weighted by atomic mass is 35.5. The van der Waals surface area contributed by atoms with Crippen LogP contribution in [0, 0.1) is 0 Å². The molecule has 0 saturated heterocycles. The third kappa shape index (κ3) is 4.53. The molecule has 0 aliphatic carbocycles. The molecule has 8 heteroatoms. The number of likely N-dealkylation sites (N-methyl/N-ethyl adjacent to an activating group) is 1. The largest absolute Gasteiger partial charge is 0.419 e. The molecular weight excluding hydrogens is 389 g/mol. The number of rotatable bonds is 7. The lowest BCUT2D eigenvalue weighted by Gasteiger charge is -2.20. The number of halogens is 2. The van der Waals surface area contributed by atoms with E-state index in [2.05, 4.69) is 5.32 Å². The summed E-state index contributed by atoms with van der Waals surface area (Å²) in [5, 5.41) is 3.52.